The Balaban J connectivity index is 2.02. The van der Waals surface area contributed by atoms with E-state index in [9.17, 15) is 4.79 Å². The van der Waals surface area contributed by atoms with Gasteiger partial charge in [-0.1, -0.05) is 30.7 Å². The highest BCUT2D eigenvalue weighted by molar-refractivity contribution is 5.83. The smallest absolute Gasteiger partial charge is 0.332 e. The van der Waals surface area contributed by atoms with E-state index in [4.69, 9.17) is 5.73 Å². The molecule has 0 atom stereocenters. The van der Waals surface area contributed by atoms with Gasteiger partial charge in [0.1, 0.15) is 0 Å². The summed E-state index contributed by atoms with van der Waals surface area (Å²) < 4.78 is 0. The number of primary amides is 1. The summed E-state index contributed by atoms with van der Waals surface area (Å²) in [6.45, 7) is 3.24. The minimum absolute atomic E-state index is 0.648. The molecule has 19 heavy (non-hydrogen) atoms. The second kappa shape index (κ2) is 6.89. The molecule has 0 spiro atoms. The zero-order valence-corrected chi connectivity index (χ0v) is 11.0. The summed E-state index contributed by atoms with van der Waals surface area (Å²) in [4.78, 5) is 13.0. The number of urea groups is 1. The van der Waals surface area contributed by atoms with Crippen molar-refractivity contribution in [2.24, 2.45) is 10.8 Å². The van der Waals surface area contributed by atoms with Crippen LogP contribution in [0.4, 0.5) is 4.79 Å². The molecule has 1 aromatic rings. The van der Waals surface area contributed by atoms with Crippen molar-refractivity contribution in [3.63, 3.8) is 0 Å². The van der Waals surface area contributed by atoms with Gasteiger partial charge in [0.2, 0.25) is 0 Å². The van der Waals surface area contributed by atoms with E-state index in [1.807, 2.05) is 18.2 Å². The lowest BCUT2D eigenvalue weighted by Gasteiger charge is -2.26. The second-order valence-corrected chi connectivity index (χ2v) is 4.77. The topological polar surface area (TPSA) is 70.7 Å². The first-order valence-corrected chi connectivity index (χ1v) is 6.64. The van der Waals surface area contributed by atoms with Crippen molar-refractivity contribution in [2.45, 2.75) is 25.8 Å². The third-order valence-electron chi connectivity index (χ3n) is 3.28. The molecular weight excluding hydrogens is 240 g/mol. The number of hydrogen-bond acceptors (Lipinski definition) is 3. The van der Waals surface area contributed by atoms with Crippen LogP contribution >= 0.6 is 0 Å². The summed E-state index contributed by atoms with van der Waals surface area (Å²) in [5.41, 5.74) is 9.43. The Labute approximate surface area is 113 Å². The van der Waals surface area contributed by atoms with Crippen LogP contribution in [-0.4, -0.2) is 30.2 Å². The molecule has 2 amide bonds. The fourth-order valence-electron chi connectivity index (χ4n) is 2.33. The molecule has 1 fully saturated rings. The van der Waals surface area contributed by atoms with Crippen molar-refractivity contribution < 1.29 is 4.79 Å². The number of likely N-dealkylation sites (tertiary alicyclic amines) is 1. The molecule has 1 aliphatic heterocycles. The number of nitrogens with one attached hydrogen (secondary N) is 1. The molecule has 2 rings (SSSR count). The van der Waals surface area contributed by atoms with Crippen LogP contribution in [0.15, 0.2) is 29.4 Å². The molecule has 1 aliphatic rings. The van der Waals surface area contributed by atoms with Crippen molar-refractivity contribution in [2.75, 3.05) is 13.1 Å². The maximum atomic E-state index is 10.6. The monoisotopic (exact) mass is 260 g/mol. The van der Waals surface area contributed by atoms with Crippen molar-refractivity contribution >= 4 is 12.2 Å². The first-order chi connectivity index (χ1) is 9.25. The fourth-order valence-corrected chi connectivity index (χ4v) is 2.33. The molecule has 0 saturated carbocycles. The predicted octanol–water partition coefficient (Wildman–Crippen LogP) is 1.67. The lowest BCUT2D eigenvalue weighted by atomic mass is 10.1. The first kappa shape index (κ1) is 13.5. The van der Waals surface area contributed by atoms with E-state index in [0.29, 0.717) is 0 Å². The zero-order chi connectivity index (χ0) is 13.5. The average molecular weight is 260 g/mol. The second-order valence-electron chi connectivity index (χ2n) is 4.77. The quantitative estimate of drug-likeness (QED) is 0.638. The van der Waals surface area contributed by atoms with Crippen LogP contribution in [-0.2, 0) is 6.54 Å². The minimum Gasteiger partial charge on any atom is -0.350 e. The Morgan fingerprint density at radius 1 is 1.32 bits per heavy atom. The van der Waals surface area contributed by atoms with Gasteiger partial charge in [0.15, 0.2) is 0 Å². The first-order valence-electron chi connectivity index (χ1n) is 6.64. The molecule has 0 radical (unpaired) electrons. The van der Waals surface area contributed by atoms with Crippen LogP contribution in [0, 0.1) is 0 Å². The van der Waals surface area contributed by atoms with Gasteiger partial charge in [0, 0.05) is 6.54 Å². The normalized spacial score (nSPS) is 16.6. The Hall–Kier alpha value is -1.88. The van der Waals surface area contributed by atoms with Crippen LogP contribution in [0.3, 0.4) is 0 Å². The van der Waals surface area contributed by atoms with Crippen molar-refractivity contribution in [1.82, 2.24) is 10.3 Å². The maximum absolute atomic E-state index is 10.6. The largest absolute Gasteiger partial charge is 0.350 e. The van der Waals surface area contributed by atoms with Crippen LogP contribution in [0.25, 0.3) is 0 Å². The molecule has 0 bridgehead atoms. The average Bonchev–Trinajstić information content (AvgIpc) is 2.41. The highest BCUT2D eigenvalue weighted by Gasteiger charge is 2.11. The number of carbonyl (C=O) groups excluding carboxylic acids is 1. The zero-order valence-electron chi connectivity index (χ0n) is 11.0. The van der Waals surface area contributed by atoms with E-state index >= 15 is 0 Å². The third-order valence-corrected chi connectivity index (χ3v) is 3.28. The lowest BCUT2D eigenvalue weighted by molar-refractivity contribution is 0.221. The Bertz CT molecular complexity index is 453. The molecule has 0 aromatic heterocycles. The summed E-state index contributed by atoms with van der Waals surface area (Å²) in [6, 6.07) is 7.43. The molecular formula is C14H20N4O. The summed E-state index contributed by atoms with van der Waals surface area (Å²) >= 11 is 0. The van der Waals surface area contributed by atoms with Crippen LogP contribution in [0.2, 0.25) is 0 Å². The van der Waals surface area contributed by atoms with Gasteiger partial charge in [-0.05, 0) is 37.1 Å². The van der Waals surface area contributed by atoms with E-state index < -0.39 is 6.03 Å². The lowest BCUT2D eigenvalue weighted by Crippen LogP contribution is -2.29. The van der Waals surface area contributed by atoms with E-state index in [1.54, 1.807) is 6.21 Å². The molecule has 5 nitrogen and oxygen atoms in total. The molecule has 1 heterocycles. The number of nitrogens with zero attached hydrogens (tertiary/aromatic N) is 2. The SMILES string of the molecule is NC(=O)NN=Cc1ccccc1CN1CCCCC1. The third kappa shape index (κ3) is 4.37. The summed E-state index contributed by atoms with van der Waals surface area (Å²) in [7, 11) is 0. The van der Waals surface area contributed by atoms with Gasteiger partial charge < -0.3 is 5.73 Å². The predicted molar refractivity (Wildman–Crippen MR) is 75.9 cm³/mol. The van der Waals surface area contributed by atoms with E-state index in [0.717, 1.165) is 25.2 Å². The molecule has 102 valence electrons. The van der Waals surface area contributed by atoms with E-state index in [2.05, 4.69) is 21.5 Å². The van der Waals surface area contributed by atoms with Crippen LogP contribution < -0.4 is 11.2 Å². The number of carbonyl (C=O) groups is 1. The molecule has 0 aliphatic carbocycles. The van der Waals surface area contributed by atoms with Crippen LogP contribution in [0.5, 0.6) is 0 Å². The minimum atomic E-state index is -0.648. The number of hydrogen-bond donors (Lipinski definition) is 2. The number of piperidine rings is 1. The van der Waals surface area contributed by atoms with Gasteiger partial charge in [-0.25, -0.2) is 10.2 Å². The van der Waals surface area contributed by atoms with Gasteiger partial charge in [-0.3, -0.25) is 4.90 Å². The van der Waals surface area contributed by atoms with Crippen molar-refractivity contribution in [3.8, 4) is 0 Å². The fraction of sp³-hybridized carbons (Fsp3) is 0.429. The standard InChI is InChI=1S/C14H20N4O/c15-14(19)17-16-10-12-6-2-3-7-13(12)11-18-8-4-1-5-9-18/h2-3,6-7,10H,1,4-5,8-9,11H2,(H3,15,17,19). The Kier molecular flexibility index (Phi) is 4.92. The van der Waals surface area contributed by atoms with E-state index in [1.165, 1.54) is 24.8 Å². The van der Waals surface area contributed by atoms with Gasteiger partial charge in [-0.2, -0.15) is 5.10 Å². The van der Waals surface area contributed by atoms with Gasteiger partial charge in [0.05, 0.1) is 6.21 Å². The number of nitrogens with two attached hydrogens (primary N) is 1. The summed E-state index contributed by atoms with van der Waals surface area (Å²) in [5, 5.41) is 3.83. The number of hydrazone groups is 1. The summed E-state index contributed by atoms with van der Waals surface area (Å²) in [5.74, 6) is 0. The Morgan fingerprint density at radius 3 is 2.79 bits per heavy atom. The highest BCUT2D eigenvalue weighted by Crippen LogP contribution is 2.15. The van der Waals surface area contributed by atoms with Gasteiger partial charge >= 0.3 is 6.03 Å². The van der Waals surface area contributed by atoms with Crippen LogP contribution in [0.1, 0.15) is 30.4 Å². The maximum Gasteiger partial charge on any atom is 0.332 e. The van der Waals surface area contributed by atoms with Crippen molar-refractivity contribution in [1.29, 1.82) is 0 Å². The highest BCUT2D eigenvalue weighted by atomic mass is 16.2. The molecule has 1 aromatic carbocycles. The molecule has 5 heteroatoms. The molecule has 1 saturated heterocycles. The number of amides is 2. The Morgan fingerprint density at radius 2 is 2.05 bits per heavy atom. The van der Waals surface area contributed by atoms with Crippen molar-refractivity contribution in [3.05, 3.63) is 35.4 Å². The van der Waals surface area contributed by atoms with Gasteiger partial charge in [0.25, 0.3) is 0 Å². The van der Waals surface area contributed by atoms with Gasteiger partial charge in [-0.15, -0.1) is 0 Å². The summed E-state index contributed by atoms with van der Waals surface area (Å²) in [6.07, 6.45) is 5.53. The number of rotatable bonds is 4. The molecule has 3 N–H and O–H groups in total. The number of benzene rings is 1. The van der Waals surface area contributed by atoms with E-state index in [-0.39, 0.29) is 0 Å². The molecule has 0 unspecified atom stereocenters.